The fourth-order valence-corrected chi connectivity index (χ4v) is 2.59. The number of hydrogen-bond acceptors (Lipinski definition) is 4. The highest BCUT2D eigenvalue weighted by Crippen LogP contribution is 2.19. The lowest BCUT2D eigenvalue weighted by atomic mass is 9.98. The summed E-state index contributed by atoms with van der Waals surface area (Å²) < 4.78 is 10.4. The van der Waals surface area contributed by atoms with Gasteiger partial charge in [0.2, 0.25) is 0 Å². The molecule has 1 heterocycles. The molecule has 0 bridgehead atoms. The highest BCUT2D eigenvalue weighted by molar-refractivity contribution is 5.94. The third-order valence-electron chi connectivity index (χ3n) is 3.67. The highest BCUT2D eigenvalue weighted by Gasteiger charge is 2.33. The van der Waals surface area contributed by atoms with E-state index in [1.165, 1.54) is 0 Å². The first-order valence-electron chi connectivity index (χ1n) is 6.85. The summed E-state index contributed by atoms with van der Waals surface area (Å²) in [6.45, 7) is 2.14. The Kier molecular flexibility index (Phi) is 4.98. The summed E-state index contributed by atoms with van der Waals surface area (Å²) in [5.41, 5.74) is 0.471. The van der Waals surface area contributed by atoms with E-state index in [2.05, 4.69) is 10.6 Å². The highest BCUT2D eigenvalue weighted by atomic mass is 16.5. The number of nitrogens with one attached hydrogen (secondary N) is 2. The number of carbonyl (C=O) groups excluding carboxylic acids is 1. The summed E-state index contributed by atoms with van der Waals surface area (Å²) in [4.78, 5) is 12.2. The summed E-state index contributed by atoms with van der Waals surface area (Å²) in [6, 6.07) is 7.15. The number of rotatable bonds is 6. The summed E-state index contributed by atoms with van der Waals surface area (Å²) in [5, 5.41) is 6.42. The van der Waals surface area contributed by atoms with Crippen LogP contribution in [0, 0.1) is 0 Å². The first-order chi connectivity index (χ1) is 9.69. The molecule has 2 N–H and O–H groups in total. The Morgan fingerprint density at radius 1 is 1.45 bits per heavy atom. The van der Waals surface area contributed by atoms with Crippen LogP contribution in [0.3, 0.4) is 0 Å². The molecule has 0 spiro atoms. The second-order valence-electron chi connectivity index (χ2n) is 5.16. The lowest BCUT2D eigenvalue weighted by Crippen LogP contribution is -2.52. The molecular formula is C15H22N2O3. The van der Waals surface area contributed by atoms with Gasteiger partial charge in [-0.25, -0.2) is 0 Å². The van der Waals surface area contributed by atoms with Crippen molar-refractivity contribution in [2.24, 2.45) is 0 Å². The quantitative estimate of drug-likeness (QED) is 0.821. The molecule has 0 aromatic heterocycles. The number of ether oxygens (including phenoxy) is 2. The van der Waals surface area contributed by atoms with Gasteiger partial charge in [-0.3, -0.25) is 4.79 Å². The van der Waals surface area contributed by atoms with Gasteiger partial charge in [0.1, 0.15) is 5.75 Å². The van der Waals surface area contributed by atoms with Gasteiger partial charge in [-0.15, -0.1) is 0 Å². The Morgan fingerprint density at radius 3 is 2.95 bits per heavy atom. The van der Waals surface area contributed by atoms with Crippen LogP contribution in [-0.2, 0) is 4.74 Å². The van der Waals surface area contributed by atoms with Gasteiger partial charge < -0.3 is 20.1 Å². The molecule has 110 valence electrons. The number of methoxy groups -OCH3 is 2. The van der Waals surface area contributed by atoms with Crippen molar-refractivity contribution in [2.45, 2.75) is 18.4 Å². The maximum atomic E-state index is 12.2. The first kappa shape index (κ1) is 14.8. The van der Waals surface area contributed by atoms with Crippen molar-refractivity contribution in [1.82, 2.24) is 10.6 Å². The van der Waals surface area contributed by atoms with Gasteiger partial charge in [0.25, 0.3) is 5.91 Å². The van der Waals surface area contributed by atoms with Crippen LogP contribution in [0.1, 0.15) is 23.2 Å². The fraction of sp³-hybridized carbons (Fsp3) is 0.533. The zero-order valence-corrected chi connectivity index (χ0v) is 12.1. The van der Waals surface area contributed by atoms with Crippen molar-refractivity contribution in [3.05, 3.63) is 29.8 Å². The van der Waals surface area contributed by atoms with E-state index >= 15 is 0 Å². The van der Waals surface area contributed by atoms with Gasteiger partial charge in [-0.2, -0.15) is 0 Å². The van der Waals surface area contributed by atoms with E-state index in [1.807, 2.05) is 12.1 Å². The van der Waals surface area contributed by atoms with Crippen LogP contribution in [-0.4, -0.2) is 45.4 Å². The molecule has 2 rings (SSSR count). The summed E-state index contributed by atoms with van der Waals surface area (Å²) in [5.74, 6) is 0.594. The number of benzene rings is 1. The van der Waals surface area contributed by atoms with E-state index < -0.39 is 0 Å². The molecule has 1 saturated heterocycles. The normalized spacial score (nSPS) is 21.7. The standard InChI is InChI=1S/C15H22N2O3/c1-19-11-15(7-4-8-17-15)10-16-14(18)12-5-3-6-13(9-12)20-2/h3,5-6,9,17H,4,7-8,10-11H2,1-2H3,(H,16,18). The van der Waals surface area contributed by atoms with Crippen molar-refractivity contribution in [2.75, 3.05) is 33.9 Å². The van der Waals surface area contributed by atoms with Crippen molar-refractivity contribution in [3.8, 4) is 5.75 Å². The van der Waals surface area contributed by atoms with E-state index in [0.29, 0.717) is 24.5 Å². The minimum Gasteiger partial charge on any atom is -0.497 e. The fourth-order valence-electron chi connectivity index (χ4n) is 2.59. The van der Waals surface area contributed by atoms with Gasteiger partial charge >= 0.3 is 0 Å². The van der Waals surface area contributed by atoms with Crippen molar-refractivity contribution in [3.63, 3.8) is 0 Å². The summed E-state index contributed by atoms with van der Waals surface area (Å²) in [7, 11) is 3.28. The Hall–Kier alpha value is -1.59. The predicted molar refractivity (Wildman–Crippen MR) is 77.2 cm³/mol. The van der Waals surface area contributed by atoms with Crippen molar-refractivity contribution >= 4 is 5.91 Å². The Balaban J connectivity index is 1.96. The molecule has 1 amide bonds. The van der Waals surface area contributed by atoms with E-state index in [4.69, 9.17) is 9.47 Å². The zero-order chi connectivity index (χ0) is 14.4. The SMILES string of the molecule is COCC1(CNC(=O)c2cccc(OC)c2)CCCN1. The molecule has 1 aromatic carbocycles. The van der Waals surface area contributed by atoms with E-state index in [0.717, 1.165) is 19.4 Å². The van der Waals surface area contributed by atoms with E-state index in [9.17, 15) is 4.79 Å². The minimum absolute atomic E-state index is 0.0897. The molecule has 1 aliphatic rings. The summed E-state index contributed by atoms with van der Waals surface area (Å²) >= 11 is 0. The van der Waals surface area contributed by atoms with Crippen LogP contribution in [0.4, 0.5) is 0 Å². The molecule has 1 atom stereocenters. The number of amides is 1. The van der Waals surface area contributed by atoms with Gasteiger partial charge in [-0.1, -0.05) is 6.07 Å². The largest absolute Gasteiger partial charge is 0.497 e. The summed E-state index contributed by atoms with van der Waals surface area (Å²) in [6.07, 6.45) is 2.12. The smallest absolute Gasteiger partial charge is 0.251 e. The Morgan fingerprint density at radius 2 is 2.30 bits per heavy atom. The Bertz CT molecular complexity index is 456. The predicted octanol–water partition coefficient (Wildman–Crippen LogP) is 1.19. The zero-order valence-electron chi connectivity index (χ0n) is 12.1. The van der Waals surface area contributed by atoms with Crippen LogP contribution in [0.2, 0.25) is 0 Å². The van der Waals surface area contributed by atoms with Crippen LogP contribution in [0.25, 0.3) is 0 Å². The number of carbonyl (C=O) groups is 1. The maximum absolute atomic E-state index is 12.2. The van der Waals surface area contributed by atoms with Crippen LogP contribution in [0.5, 0.6) is 5.75 Å². The molecule has 5 nitrogen and oxygen atoms in total. The van der Waals surface area contributed by atoms with E-state index in [1.54, 1.807) is 26.4 Å². The Labute approximate surface area is 119 Å². The molecular weight excluding hydrogens is 256 g/mol. The first-order valence-corrected chi connectivity index (χ1v) is 6.85. The second-order valence-corrected chi connectivity index (χ2v) is 5.16. The van der Waals surface area contributed by atoms with Gasteiger partial charge in [-0.05, 0) is 37.6 Å². The molecule has 5 heteroatoms. The monoisotopic (exact) mass is 278 g/mol. The molecule has 1 aliphatic heterocycles. The van der Waals surface area contributed by atoms with Crippen molar-refractivity contribution < 1.29 is 14.3 Å². The lowest BCUT2D eigenvalue weighted by Gasteiger charge is -2.29. The lowest BCUT2D eigenvalue weighted by molar-refractivity contribution is 0.0892. The average molecular weight is 278 g/mol. The molecule has 1 unspecified atom stereocenters. The van der Waals surface area contributed by atoms with E-state index in [-0.39, 0.29) is 11.4 Å². The second kappa shape index (κ2) is 6.72. The molecule has 20 heavy (non-hydrogen) atoms. The average Bonchev–Trinajstić information content (AvgIpc) is 2.94. The van der Waals surface area contributed by atoms with Crippen LogP contribution in [0.15, 0.2) is 24.3 Å². The van der Waals surface area contributed by atoms with Crippen molar-refractivity contribution in [1.29, 1.82) is 0 Å². The molecule has 0 saturated carbocycles. The van der Waals surface area contributed by atoms with Gasteiger partial charge in [0.05, 0.1) is 19.3 Å². The third kappa shape index (κ3) is 3.49. The maximum Gasteiger partial charge on any atom is 0.251 e. The molecule has 1 aromatic rings. The molecule has 0 aliphatic carbocycles. The van der Waals surface area contributed by atoms with Crippen LogP contribution >= 0.6 is 0 Å². The topological polar surface area (TPSA) is 59.6 Å². The van der Waals surface area contributed by atoms with Gasteiger partial charge in [0, 0.05) is 19.2 Å². The molecule has 0 radical (unpaired) electrons. The number of hydrogen-bond donors (Lipinski definition) is 2. The van der Waals surface area contributed by atoms with Gasteiger partial charge in [0.15, 0.2) is 0 Å². The molecule has 1 fully saturated rings. The third-order valence-corrected chi connectivity index (χ3v) is 3.67. The van der Waals surface area contributed by atoms with Crippen LogP contribution < -0.4 is 15.4 Å². The minimum atomic E-state index is -0.136.